The Morgan fingerprint density at radius 1 is 1.32 bits per heavy atom. The number of nitrogens with zero attached hydrogens (tertiary/aromatic N) is 4. The molecule has 3 rings (SSSR count). The van der Waals surface area contributed by atoms with Crippen LogP contribution in [0.5, 0.6) is 0 Å². The van der Waals surface area contributed by atoms with Crippen molar-refractivity contribution in [1.29, 1.82) is 0 Å². The van der Waals surface area contributed by atoms with Gasteiger partial charge in [-0.15, -0.1) is 0 Å². The second-order valence-corrected chi connectivity index (χ2v) is 6.96. The number of piperidine rings is 1. The fourth-order valence-electron chi connectivity index (χ4n) is 3.19. The van der Waals surface area contributed by atoms with Crippen LogP contribution in [0.25, 0.3) is 5.82 Å². The van der Waals surface area contributed by atoms with E-state index >= 15 is 0 Å². The van der Waals surface area contributed by atoms with Crippen molar-refractivity contribution in [2.24, 2.45) is 5.92 Å². The molecule has 1 aliphatic heterocycles. The third-order valence-electron chi connectivity index (χ3n) is 4.61. The monoisotopic (exact) mass is 416 g/mol. The Kier molecular flexibility index (Phi) is 6.24. The first kappa shape index (κ1) is 20.6. The molecule has 2 aromatic rings. The number of pyridine rings is 1. The van der Waals surface area contributed by atoms with Gasteiger partial charge in [-0.3, -0.25) is 4.79 Å². The van der Waals surface area contributed by atoms with Crippen molar-refractivity contribution in [3.05, 3.63) is 45.5 Å². The lowest BCUT2D eigenvalue weighted by Gasteiger charge is -2.34. The van der Waals surface area contributed by atoms with E-state index in [0.717, 1.165) is 36.2 Å². The molecule has 2 aromatic heterocycles. The predicted molar refractivity (Wildman–Crippen MR) is 99.1 cm³/mol. The van der Waals surface area contributed by atoms with E-state index in [0.29, 0.717) is 37.6 Å². The van der Waals surface area contributed by atoms with Crippen LogP contribution in [0.2, 0.25) is 5.02 Å². The summed E-state index contributed by atoms with van der Waals surface area (Å²) in [5.74, 6) is 0.308. The van der Waals surface area contributed by atoms with Crippen LogP contribution in [0.15, 0.2) is 29.3 Å². The standard InChI is InChI=1S/C18H20ClF3N4O2/c1-2-28-11-12-4-3-7-25(10-12)14-9-24-26(17(27)16(14)19)15-6-5-13(8-23-15)18(20,21)22/h5-6,8-9,12H,2-4,7,10-11H2,1H3. The third kappa shape index (κ3) is 4.47. The first-order valence-corrected chi connectivity index (χ1v) is 9.33. The highest BCUT2D eigenvalue weighted by Gasteiger charge is 2.31. The van der Waals surface area contributed by atoms with Crippen molar-refractivity contribution in [2.75, 3.05) is 31.2 Å². The van der Waals surface area contributed by atoms with Gasteiger partial charge in [0.05, 0.1) is 24.1 Å². The van der Waals surface area contributed by atoms with Crippen LogP contribution in [-0.4, -0.2) is 41.1 Å². The number of anilines is 1. The molecule has 28 heavy (non-hydrogen) atoms. The predicted octanol–water partition coefficient (Wildman–Crippen LogP) is 3.55. The average Bonchev–Trinajstić information content (AvgIpc) is 2.68. The molecule has 0 aromatic carbocycles. The number of aromatic nitrogens is 3. The number of hydrogen-bond acceptors (Lipinski definition) is 5. The van der Waals surface area contributed by atoms with Crippen molar-refractivity contribution in [2.45, 2.75) is 25.9 Å². The van der Waals surface area contributed by atoms with E-state index in [1.807, 2.05) is 11.8 Å². The van der Waals surface area contributed by atoms with E-state index < -0.39 is 17.3 Å². The van der Waals surface area contributed by atoms with E-state index in [2.05, 4.69) is 10.1 Å². The molecule has 0 saturated carbocycles. The van der Waals surface area contributed by atoms with Gasteiger partial charge in [-0.2, -0.15) is 23.0 Å². The molecule has 10 heteroatoms. The van der Waals surface area contributed by atoms with Crippen LogP contribution in [-0.2, 0) is 10.9 Å². The second kappa shape index (κ2) is 8.48. The summed E-state index contributed by atoms with van der Waals surface area (Å²) in [7, 11) is 0. The molecule has 0 N–H and O–H groups in total. The maximum absolute atomic E-state index is 12.7. The Balaban J connectivity index is 1.84. The van der Waals surface area contributed by atoms with E-state index in [1.54, 1.807) is 0 Å². The Bertz CT molecular complexity index is 871. The highest BCUT2D eigenvalue weighted by Crippen LogP contribution is 2.29. The van der Waals surface area contributed by atoms with Crippen LogP contribution in [0.3, 0.4) is 0 Å². The van der Waals surface area contributed by atoms with Crippen LogP contribution in [0.4, 0.5) is 18.9 Å². The number of alkyl halides is 3. The summed E-state index contributed by atoms with van der Waals surface area (Å²) < 4.78 is 44.4. The molecule has 0 aliphatic carbocycles. The number of hydrogen-bond donors (Lipinski definition) is 0. The Morgan fingerprint density at radius 3 is 2.75 bits per heavy atom. The summed E-state index contributed by atoms with van der Waals surface area (Å²) >= 11 is 6.28. The first-order chi connectivity index (χ1) is 13.3. The summed E-state index contributed by atoms with van der Waals surface area (Å²) in [6.07, 6.45) is -0.413. The van der Waals surface area contributed by atoms with Gasteiger partial charge in [0.1, 0.15) is 5.02 Å². The van der Waals surface area contributed by atoms with Gasteiger partial charge in [-0.25, -0.2) is 4.98 Å². The molecular weight excluding hydrogens is 397 g/mol. The van der Waals surface area contributed by atoms with E-state index in [1.165, 1.54) is 6.20 Å². The molecule has 1 saturated heterocycles. The molecule has 152 valence electrons. The summed E-state index contributed by atoms with van der Waals surface area (Å²) in [6.45, 7) is 4.67. The molecular formula is C18H20ClF3N4O2. The fraction of sp³-hybridized carbons (Fsp3) is 0.500. The van der Waals surface area contributed by atoms with Crippen LogP contribution >= 0.6 is 11.6 Å². The van der Waals surface area contributed by atoms with Crippen LogP contribution in [0.1, 0.15) is 25.3 Å². The number of halogens is 4. The van der Waals surface area contributed by atoms with Gasteiger partial charge in [0.25, 0.3) is 5.56 Å². The zero-order valence-electron chi connectivity index (χ0n) is 15.2. The maximum atomic E-state index is 12.7. The largest absolute Gasteiger partial charge is 0.417 e. The lowest BCUT2D eigenvalue weighted by Crippen LogP contribution is -2.38. The average molecular weight is 417 g/mol. The smallest absolute Gasteiger partial charge is 0.381 e. The second-order valence-electron chi connectivity index (χ2n) is 6.58. The minimum absolute atomic E-state index is 0.0284. The van der Waals surface area contributed by atoms with Crippen LogP contribution < -0.4 is 10.5 Å². The van der Waals surface area contributed by atoms with Gasteiger partial charge in [0, 0.05) is 25.9 Å². The molecule has 3 heterocycles. The highest BCUT2D eigenvalue weighted by molar-refractivity contribution is 6.33. The summed E-state index contributed by atoms with van der Waals surface area (Å²) in [5.41, 5.74) is -1.02. The van der Waals surface area contributed by atoms with E-state index in [-0.39, 0.29) is 10.8 Å². The molecule has 0 radical (unpaired) electrons. The fourth-order valence-corrected chi connectivity index (χ4v) is 3.44. The van der Waals surface area contributed by atoms with Crippen LogP contribution in [0, 0.1) is 5.92 Å². The van der Waals surface area contributed by atoms with Crippen molar-refractivity contribution >= 4 is 17.3 Å². The Labute approximate surface area is 164 Å². The quantitative estimate of drug-likeness (QED) is 0.746. The van der Waals surface area contributed by atoms with Crippen molar-refractivity contribution in [1.82, 2.24) is 14.8 Å². The third-order valence-corrected chi connectivity index (χ3v) is 4.97. The zero-order chi connectivity index (χ0) is 20.3. The SMILES string of the molecule is CCOCC1CCCN(c2cnn(-c3ccc(C(F)(F)F)cn3)c(=O)c2Cl)C1. The van der Waals surface area contributed by atoms with Gasteiger partial charge in [0.15, 0.2) is 5.82 Å². The molecule has 0 spiro atoms. The summed E-state index contributed by atoms with van der Waals surface area (Å²) in [5, 5.41) is 4.03. The van der Waals surface area contributed by atoms with Gasteiger partial charge >= 0.3 is 6.18 Å². The molecule has 0 amide bonds. The Morgan fingerprint density at radius 2 is 2.11 bits per heavy atom. The zero-order valence-corrected chi connectivity index (χ0v) is 16.0. The first-order valence-electron chi connectivity index (χ1n) is 8.95. The molecule has 1 fully saturated rings. The summed E-state index contributed by atoms with van der Waals surface area (Å²) in [4.78, 5) is 18.3. The van der Waals surface area contributed by atoms with E-state index in [4.69, 9.17) is 16.3 Å². The van der Waals surface area contributed by atoms with Gasteiger partial charge < -0.3 is 9.64 Å². The molecule has 6 nitrogen and oxygen atoms in total. The van der Waals surface area contributed by atoms with E-state index in [9.17, 15) is 18.0 Å². The number of ether oxygens (including phenoxy) is 1. The molecule has 1 atom stereocenters. The number of rotatable bonds is 5. The minimum Gasteiger partial charge on any atom is -0.381 e. The molecule has 0 bridgehead atoms. The maximum Gasteiger partial charge on any atom is 0.417 e. The van der Waals surface area contributed by atoms with Gasteiger partial charge in [0.2, 0.25) is 0 Å². The van der Waals surface area contributed by atoms with Crippen molar-refractivity contribution < 1.29 is 17.9 Å². The lowest BCUT2D eigenvalue weighted by molar-refractivity contribution is -0.137. The van der Waals surface area contributed by atoms with Gasteiger partial charge in [-0.05, 0) is 37.8 Å². The minimum atomic E-state index is -4.50. The summed E-state index contributed by atoms with van der Waals surface area (Å²) in [6, 6.07) is 1.94. The molecule has 1 aliphatic rings. The highest BCUT2D eigenvalue weighted by atomic mass is 35.5. The normalized spacial score (nSPS) is 17.8. The Hall–Kier alpha value is -2.13. The van der Waals surface area contributed by atoms with Crippen molar-refractivity contribution in [3.8, 4) is 5.82 Å². The lowest BCUT2D eigenvalue weighted by atomic mass is 9.98. The molecule has 1 unspecified atom stereocenters. The topological polar surface area (TPSA) is 60.2 Å². The van der Waals surface area contributed by atoms with Crippen molar-refractivity contribution in [3.63, 3.8) is 0 Å². The van der Waals surface area contributed by atoms with Gasteiger partial charge in [-0.1, -0.05) is 11.6 Å².